The minimum absolute atomic E-state index is 0.0932. The van der Waals surface area contributed by atoms with Gasteiger partial charge >= 0.3 is 5.97 Å². The van der Waals surface area contributed by atoms with Crippen molar-refractivity contribution in [2.24, 2.45) is 0 Å². The van der Waals surface area contributed by atoms with E-state index in [0.29, 0.717) is 11.6 Å². The van der Waals surface area contributed by atoms with Crippen molar-refractivity contribution in [1.29, 1.82) is 0 Å². The molecule has 0 aliphatic carbocycles. The molecular formula is C14H11FO5S. The largest absolute Gasteiger partial charge is 0.508 e. The Labute approximate surface area is 120 Å². The molecule has 2 aromatic rings. The quantitative estimate of drug-likeness (QED) is 0.903. The zero-order valence-corrected chi connectivity index (χ0v) is 11.5. The predicted molar refractivity (Wildman–Crippen MR) is 72.4 cm³/mol. The molecule has 0 saturated heterocycles. The SMILES string of the molecule is O=C(O)c1ccc(S(=O)(=O)Cc2cccc(O)c2)c(F)c1. The number of rotatable bonds is 4. The van der Waals surface area contributed by atoms with Crippen molar-refractivity contribution >= 4 is 15.8 Å². The Bertz CT molecular complexity index is 799. The average Bonchev–Trinajstić information content (AvgIpc) is 2.37. The number of sulfone groups is 1. The number of halogens is 1. The maximum Gasteiger partial charge on any atom is 0.335 e. The van der Waals surface area contributed by atoms with Crippen LogP contribution in [0.2, 0.25) is 0 Å². The molecule has 21 heavy (non-hydrogen) atoms. The number of phenols is 1. The fraction of sp³-hybridized carbons (Fsp3) is 0.0714. The molecule has 0 amide bonds. The van der Waals surface area contributed by atoms with E-state index in [9.17, 15) is 22.7 Å². The summed E-state index contributed by atoms with van der Waals surface area (Å²) in [5.74, 6) is -3.05. The Morgan fingerprint density at radius 3 is 2.43 bits per heavy atom. The van der Waals surface area contributed by atoms with Gasteiger partial charge in [0.25, 0.3) is 0 Å². The van der Waals surface area contributed by atoms with Crippen LogP contribution in [0.4, 0.5) is 4.39 Å². The second kappa shape index (κ2) is 5.53. The van der Waals surface area contributed by atoms with E-state index < -0.39 is 32.3 Å². The second-order valence-electron chi connectivity index (χ2n) is 4.38. The van der Waals surface area contributed by atoms with Crippen LogP contribution in [0.25, 0.3) is 0 Å². The monoisotopic (exact) mass is 310 g/mol. The highest BCUT2D eigenvalue weighted by molar-refractivity contribution is 7.90. The highest BCUT2D eigenvalue weighted by Gasteiger charge is 2.21. The zero-order valence-electron chi connectivity index (χ0n) is 10.7. The number of carbonyl (C=O) groups is 1. The molecule has 7 heteroatoms. The molecule has 0 radical (unpaired) electrons. The van der Waals surface area contributed by atoms with Crippen LogP contribution < -0.4 is 0 Å². The van der Waals surface area contributed by atoms with Gasteiger partial charge in [-0.15, -0.1) is 0 Å². The summed E-state index contributed by atoms with van der Waals surface area (Å²) in [5, 5.41) is 18.0. The summed E-state index contributed by atoms with van der Waals surface area (Å²) in [6.07, 6.45) is 0. The van der Waals surface area contributed by atoms with Crippen molar-refractivity contribution in [3.05, 3.63) is 59.4 Å². The molecule has 5 nitrogen and oxygen atoms in total. The normalized spacial score (nSPS) is 11.3. The van der Waals surface area contributed by atoms with Gasteiger partial charge in [0.05, 0.1) is 11.3 Å². The number of phenolic OH excluding ortho intramolecular Hbond substituents is 1. The van der Waals surface area contributed by atoms with Crippen molar-refractivity contribution in [2.75, 3.05) is 0 Å². The smallest absolute Gasteiger partial charge is 0.335 e. The number of aromatic hydroxyl groups is 1. The predicted octanol–water partition coefficient (Wildman–Crippen LogP) is 2.20. The first-order chi connectivity index (χ1) is 9.79. The molecule has 0 aromatic heterocycles. The first-order valence-corrected chi connectivity index (χ1v) is 7.48. The van der Waals surface area contributed by atoms with E-state index in [1.165, 1.54) is 24.3 Å². The van der Waals surface area contributed by atoms with Gasteiger partial charge in [0.15, 0.2) is 9.84 Å². The summed E-state index contributed by atoms with van der Waals surface area (Å²) in [6.45, 7) is 0. The third-order valence-corrected chi connectivity index (χ3v) is 4.50. The molecular weight excluding hydrogens is 299 g/mol. The number of benzene rings is 2. The van der Waals surface area contributed by atoms with Crippen LogP contribution in [0, 0.1) is 5.82 Å². The van der Waals surface area contributed by atoms with Crippen LogP contribution in [0.3, 0.4) is 0 Å². The summed E-state index contributed by atoms with van der Waals surface area (Å²) in [7, 11) is -3.98. The van der Waals surface area contributed by atoms with Gasteiger partial charge in [0.2, 0.25) is 0 Å². The number of carboxylic acids is 1. The molecule has 0 unspecified atom stereocenters. The Hall–Kier alpha value is -2.41. The lowest BCUT2D eigenvalue weighted by atomic mass is 10.2. The van der Waals surface area contributed by atoms with Gasteiger partial charge in [0, 0.05) is 0 Å². The first-order valence-electron chi connectivity index (χ1n) is 5.83. The Kier molecular flexibility index (Phi) is 3.95. The Balaban J connectivity index is 2.38. The molecule has 0 heterocycles. The van der Waals surface area contributed by atoms with Gasteiger partial charge in [-0.3, -0.25) is 0 Å². The lowest BCUT2D eigenvalue weighted by molar-refractivity contribution is 0.0696. The fourth-order valence-electron chi connectivity index (χ4n) is 1.83. The Morgan fingerprint density at radius 1 is 1.14 bits per heavy atom. The van der Waals surface area contributed by atoms with Gasteiger partial charge in [-0.1, -0.05) is 12.1 Å². The minimum atomic E-state index is -3.98. The minimum Gasteiger partial charge on any atom is -0.508 e. The van der Waals surface area contributed by atoms with E-state index in [1.54, 1.807) is 0 Å². The van der Waals surface area contributed by atoms with Gasteiger partial charge in [-0.25, -0.2) is 17.6 Å². The molecule has 0 fully saturated rings. The van der Waals surface area contributed by atoms with Gasteiger partial charge in [0.1, 0.15) is 16.5 Å². The summed E-state index contributed by atoms with van der Waals surface area (Å²) in [5.41, 5.74) is -0.0273. The highest BCUT2D eigenvalue weighted by atomic mass is 32.2. The zero-order chi connectivity index (χ0) is 15.6. The highest BCUT2D eigenvalue weighted by Crippen LogP contribution is 2.22. The van der Waals surface area contributed by atoms with Crippen molar-refractivity contribution in [1.82, 2.24) is 0 Å². The third kappa shape index (κ3) is 3.38. The number of carboxylic acid groups (broad SMARTS) is 1. The van der Waals surface area contributed by atoms with Crippen LogP contribution in [0.15, 0.2) is 47.4 Å². The average molecular weight is 310 g/mol. The molecule has 110 valence electrons. The number of hydrogen-bond donors (Lipinski definition) is 2. The van der Waals surface area contributed by atoms with Crippen LogP contribution in [0.5, 0.6) is 5.75 Å². The van der Waals surface area contributed by atoms with Crippen LogP contribution >= 0.6 is 0 Å². The van der Waals surface area contributed by atoms with Crippen LogP contribution in [-0.2, 0) is 15.6 Å². The second-order valence-corrected chi connectivity index (χ2v) is 6.34. The summed E-state index contributed by atoms with van der Waals surface area (Å²) >= 11 is 0. The van der Waals surface area contributed by atoms with Gasteiger partial charge in [-0.05, 0) is 35.9 Å². The maximum absolute atomic E-state index is 13.8. The summed E-state index contributed by atoms with van der Waals surface area (Å²) in [4.78, 5) is 10.1. The molecule has 0 aliphatic rings. The lowest BCUT2D eigenvalue weighted by Gasteiger charge is -2.07. The summed E-state index contributed by atoms with van der Waals surface area (Å²) in [6, 6.07) is 8.24. The summed E-state index contributed by atoms with van der Waals surface area (Å²) < 4.78 is 38.1. The van der Waals surface area contributed by atoms with Gasteiger partial charge < -0.3 is 10.2 Å². The number of hydrogen-bond acceptors (Lipinski definition) is 4. The molecule has 0 atom stereocenters. The molecule has 2 rings (SSSR count). The van der Waals surface area contributed by atoms with Crippen LogP contribution in [0.1, 0.15) is 15.9 Å². The molecule has 0 spiro atoms. The topological polar surface area (TPSA) is 91.7 Å². The fourth-order valence-corrected chi connectivity index (χ4v) is 3.23. The molecule has 2 aromatic carbocycles. The van der Waals surface area contributed by atoms with Crippen molar-refractivity contribution in [2.45, 2.75) is 10.6 Å². The van der Waals surface area contributed by atoms with Crippen molar-refractivity contribution < 1.29 is 27.8 Å². The third-order valence-electron chi connectivity index (χ3n) is 2.78. The molecule has 0 aliphatic heterocycles. The van der Waals surface area contributed by atoms with E-state index >= 15 is 0 Å². The van der Waals surface area contributed by atoms with Crippen LogP contribution in [-0.4, -0.2) is 24.6 Å². The van der Waals surface area contributed by atoms with E-state index in [2.05, 4.69) is 0 Å². The van der Waals surface area contributed by atoms with E-state index in [1.807, 2.05) is 0 Å². The molecule has 0 saturated carbocycles. The van der Waals surface area contributed by atoms with Crippen molar-refractivity contribution in [3.8, 4) is 5.75 Å². The van der Waals surface area contributed by atoms with Crippen molar-refractivity contribution in [3.63, 3.8) is 0 Å². The van der Waals surface area contributed by atoms with E-state index in [0.717, 1.165) is 12.1 Å². The standard InChI is InChI=1S/C14H11FO5S/c15-12-7-10(14(17)18)4-5-13(12)21(19,20)8-9-2-1-3-11(16)6-9/h1-7,16H,8H2,(H,17,18). The lowest BCUT2D eigenvalue weighted by Crippen LogP contribution is -2.08. The first kappa shape index (κ1) is 15.0. The maximum atomic E-state index is 13.8. The Morgan fingerprint density at radius 2 is 1.86 bits per heavy atom. The van der Waals surface area contributed by atoms with E-state index in [-0.39, 0.29) is 11.3 Å². The van der Waals surface area contributed by atoms with Gasteiger partial charge in [-0.2, -0.15) is 0 Å². The molecule has 0 bridgehead atoms. The molecule has 2 N–H and O–H groups in total. The van der Waals surface area contributed by atoms with E-state index in [4.69, 9.17) is 5.11 Å². The number of aromatic carboxylic acids is 1.